The van der Waals surface area contributed by atoms with Gasteiger partial charge in [0.05, 0.1) is 24.8 Å². The highest BCUT2D eigenvalue weighted by atomic mass is 35.5. The van der Waals surface area contributed by atoms with Gasteiger partial charge in [0.1, 0.15) is 5.82 Å². The third-order valence-electron chi connectivity index (χ3n) is 8.42. The van der Waals surface area contributed by atoms with Crippen LogP contribution in [0.25, 0.3) is 0 Å². The number of hydrogen-bond donors (Lipinski definition) is 3. The summed E-state index contributed by atoms with van der Waals surface area (Å²) in [7, 11) is 1.29. The maximum absolute atomic E-state index is 15.1. The number of urea groups is 1. The first-order valence-corrected chi connectivity index (χ1v) is 14.5. The number of methoxy groups -OCH3 is 1. The van der Waals surface area contributed by atoms with Crippen LogP contribution in [0.15, 0.2) is 18.2 Å². The van der Waals surface area contributed by atoms with E-state index in [1.165, 1.54) is 45.3 Å². The fourth-order valence-corrected chi connectivity index (χ4v) is 6.67. The van der Waals surface area contributed by atoms with E-state index in [1.54, 1.807) is 12.1 Å². The van der Waals surface area contributed by atoms with Gasteiger partial charge in [-0.2, -0.15) is 0 Å². The number of halogens is 2. The van der Waals surface area contributed by atoms with Crippen molar-refractivity contribution in [2.75, 3.05) is 46.4 Å². The van der Waals surface area contributed by atoms with E-state index in [0.29, 0.717) is 30.5 Å². The van der Waals surface area contributed by atoms with Crippen molar-refractivity contribution in [3.63, 3.8) is 0 Å². The zero-order chi connectivity index (χ0) is 26.9. The minimum Gasteiger partial charge on any atom is -0.453 e. The van der Waals surface area contributed by atoms with Crippen molar-refractivity contribution < 1.29 is 23.5 Å². The molecule has 3 N–H and O–H groups in total. The Bertz CT molecular complexity index is 932. The van der Waals surface area contributed by atoms with E-state index in [1.807, 2.05) is 4.90 Å². The van der Waals surface area contributed by atoms with E-state index in [-0.39, 0.29) is 36.2 Å². The van der Waals surface area contributed by atoms with E-state index in [0.717, 1.165) is 32.4 Å². The number of benzene rings is 1. The Labute approximate surface area is 230 Å². The Morgan fingerprint density at radius 2 is 2.00 bits per heavy atom. The van der Waals surface area contributed by atoms with E-state index < -0.39 is 18.0 Å². The van der Waals surface area contributed by atoms with Gasteiger partial charge in [-0.15, -0.1) is 0 Å². The zero-order valence-corrected chi connectivity index (χ0v) is 23.1. The van der Waals surface area contributed by atoms with Crippen molar-refractivity contribution in [2.24, 2.45) is 17.8 Å². The second-order valence-corrected chi connectivity index (χ2v) is 11.2. The summed E-state index contributed by atoms with van der Waals surface area (Å²) >= 11 is 6.10. The lowest BCUT2D eigenvalue weighted by atomic mass is 9.74. The molecule has 4 rings (SSSR count). The molecule has 2 aliphatic heterocycles. The summed E-state index contributed by atoms with van der Waals surface area (Å²) in [5, 5.41) is 9.44. The lowest BCUT2D eigenvalue weighted by Gasteiger charge is -2.42. The molecule has 8 nitrogen and oxygen atoms in total. The molecule has 3 amide bonds. The molecule has 0 spiro atoms. The first kappa shape index (κ1) is 28.9. The monoisotopic (exact) mass is 552 g/mol. The average molecular weight is 553 g/mol. The second-order valence-electron chi connectivity index (χ2n) is 10.8. The van der Waals surface area contributed by atoms with Gasteiger partial charge < -0.3 is 30.3 Å². The topological polar surface area (TPSA) is 91.9 Å². The van der Waals surface area contributed by atoms with Gasteiger partial charge in [-0.05, 0) is 43.7 Å². The molecule has 3 fully saturated rings. The molecular formula is C28H42ClFN4O4. The van der Waals surface area contributed by atoms with Crippen LogP contribution in [0, 0.1) is 23.6 Å². The number of hydrogen-bond acceptors (Lipinski definition) is 5. The van der Waals surface area contributed by atoms with Gasteiger partial charge in [0.2, 0.25) is 0 Å². The van der Waals surface area contributed by atoms with E-state index in [9.17, 15) is 9.59 Å². The predicted octanol–water partition coefficient (Wildman–Crippen LogP) is 4.87. The summed E-state index contributed by atoms with van der Waals surface area (Å²) in [5.74, 6) is 0.581. The molecule has 2 saturated heterocycles. The molecule has 0 radical (unpaired) electrons. The highest BCUT2D eigenvalue weighted by Crippen LogP contribution is 2.37. The molecular weight excluding hydrogens is 511 g/mol. The molecule has 1 aromatic rings. The highest BCUT2D eigenvalue weighted by molar-refractivity contribution is 6.30. The third-order valence-corrected chi connectivity index (χ3v) is 8.71. The third kappa shape index (κ3) is 7.51. The van der Waals surface area contributed by atoms with Crippen LogP contribution in [0.1, 0.15) is 63.0 Å². The number of amides is 3. The van der Waals surface area contributed by atoms with Crippen LogP contribution in [-0.4, -0.2) is 69.5 Å². The number of carbonyl (C=O) groups is 2. The molecule has 0 unspecified atom stereocenters. The summed E-state index contributed by atoms with van der Waals surface area (Å²) in [6, 6.07) is 4.97. The van der Waals surface area contributed by atoms with E-state index in [4.69, 9.17) is 16.3 Å². The number of nitrogens with one attached hydrogen (secondary N) is 3. The highest BCUT2D eigenvalue weighted by Gasteiger charge is 2.36. The number of carbonyl (C=O) groups excluding carboxylic acids is 2. The maximum atomic E-state index is 15.1. The summed E-state index contributed by atoms with van der Waals surface area (Å²) in [5.41, 5.74) is 0.372. The fraction of sp³-hybridized carbons (Fsp3) is 0.714. The van der Waals surface area contributed by atoms with Crippen LogP contribution in [-0.2, 0) is 9.47 Å². The normalized spacial score (nSPS) is 25.4. The van der Waals surface area contributed by atoms with Crippen LogP contribution in [0.5, 0.6) is 0 Å². The Hall–Kier alpha value is -2.10. The molecule has 0 bridgehead atoms. The van der Waals surface area contributed by atoms with Crippen LogP contribution in [0.2, 0.25) is 5.02 Å². The molecule has 10 heteroatoms. The average Bonchev–Trinajstić information content (AvgIpc) is 2.95. The first-order valence-electron chi connectivity index (χ1n) is 14.1. The van der Waals surface area contributed by atoms with Crippen molar-refractivity contribution in [1.82, 2.24) is 20.9 Å². The number of ether oxygens (including phenoxy) is 2. The Kier molecular flexibility index (Phi) is 10.9. The largest absolute Gasteiger partial charge is 0.453 e. The Morgan fingerprint density at radius 3 is 2.79 bits per heavy atom. The first-order chi connectivity index (χ1) is 18.5. The second kappa shape index (κ2) is 14.3. The van der Waals surface area contributed by atoms with Gasteiger partial charge >= 0.3 is 12.1 Å². The van der Waals surface area contributed by atoms with Crippen molar-refractivity contribution in [2.45, 2.75) is 63.5 Å². The molecule has 1 saturated carbocycles. The lowest BCUT2D eigenvalue weighted by molar-refractivity contribution is -0.0108. The minimum absolute atomic E-state index is 0.0350. The summed E-state index contributed by atoms with van der Waals surface area (Å²) in [4.78, 5) is 26.7. The summed E-state index contributed by atoms with van der Waals surface area (Å²) in [6.45, 7) is 3.32. The maximum Gasteiger partial charge on any atom is 0.406 e. The van der Waals surface area contributed by atoms with Gasteiger partial charge in [0, 0.05) is 43.7 Å². The molecule has 4 atom stereocenters. The van der Waals surface area contributed by atoms with E-state index in [2.05, 4.69) is 20.7 Å². The molecule has 1 aromatic carbocycles. The van der Waals surface area contributed by atoms with E-state index >= 15 is 4.39 Å². The van der Waals surface area contributed by atoms with Crippen LogP contribution in [0.4, 0.5) is 14.0 Å². The standard InChI is InChI=1S/C28H42ClFN4O4/c1-37-28(36)32-14-16-38-26(22-10-5-11-23(29)25(22)30)20-9-6-15-34(18-20)27(35)33-24-17-31-13-12-21(24)19-7-3-2-4-8-19/h5,10-11,19-21,24,26,31H,2-4,6-9,12-18H2,1H3,(H,32,36)(H,33,35)/t20-,21+,24-,26-/m1/s1. The van der Waals surface area contributed by atoms with Crippen molar-refractivity contribution in [3.05, 3.63) is 34.6 Å². The molecule has 212 valence electrons. The van der Waals surface area contributed by atoms with Crippen molar-refractivity contribution in [3.8, 4) is 0 Å². The van der Waals surface area contributed by atoms with Gasteiger partial charge in [-0.1, -0.05) is 55.8 Å². The number of nitrogens with zero attached hydrogens (tertiary/aromatic N) is 1. The zero-order valence-electron chi connectivity index (χ0n) is 22.4. The van der Waals surface area contributed by atoms with Gasteiger partial charge in [0.25, 0.3) is 0 Å². The van der Waals surface area contributed by atoms with Crippen LogP contribution in [0.3, 0.4) is 0 Å². The van der Waals surface area contributed by atoms with Gasteiger partial charge in [-0.3, -0.25) is 0 Å². The molecule has 1 aliphatic carbocycles. The van der Waals surface area contributed by atoms with Crippen molar-refractivity contribution in [1.29, 1.82) is 0 Å². The minimum atomic E-state index is -0.602. The summed E-state index contributed by atoms with van der Waals surface area (Å²) in [6.07, 6.45) is 7.97. The Balaban J connectivity index is 1.42. The quantitative estimate of drug-likeness (QED) is 0.400. The smallest absolute Gasteiger partial charge is 0.406 e. The number of alkyl carbamates (subject to hydrolysis) is 1. The van der Waals surface area contributed by atoms with Crippen LogP contribution >= 0.6 is 11.6 Å². The number of likely N-dealkylation sites (tertiary alicyclic amines) is 1. The summed E-state index contributed by atoms with van der Waals surface area (Å²) < 4.78 is 25.8. The number of rotatable bonds is 8. The van der Waals surface area contributed by atoms with Crippen LogP contribution < -0.4 is 16.0 Å². The Morgan fingerprint density at radius 1 is 1.18 bits per heavy atom. The van der Waals surface area contributed by atoms with Crippen molar-refractivity contribution >= 4 is 23.7 Å². The molecule has 0 aromatic heterocycles. The SMILES string of the molecule is COC(=O)NCCO[C@@H](c1cccc(Cl)c1F)[C@@H]1CCCN(C(=O)N[C@@H]2CNCC[C@H]2C2CCCCC2)C1. The van der Waals surface area contributed by atoms with Gasteiger partial charge in [-0.25, -0.2) is 14.0 Å². The predicted molar refractivity (Wildman–Crippen MR) is 145 cm³/mol. The molecule has 38 heavy (non-hydrogen) atoms. The fourth-order valence-electron chi connectivity index (χ4n) is 6.49. The number of piperidine rings is 2. The molecule has 3 aliphatic rings. The lowest BCUT2D eigenvalue weighted by Crippen LogP contribution is -2.57. The molecule has 2 heterocycles. The van der Waals surface area contributed by atoms with Gasteiger partial charge in [0.15, 0.2) is 0 Å².